The molecule has 1 amide bonds. The summed E-state index contributed by atoms with van der Waals surface area (Å²) in [6.45, 7) is 12.0. The van der Waals surface area contributed by atoms with Crippen molar-refractivity contribution in [1.82, 2.24) is 0 Å². The first-order valence-electron chi connectivity index (χ1n) is 13.5. The molecular weight excluding hydrogens is 676 g/mol. The van der Waals surface area contributed by atoms with Gasteiger partial charge in [0.15, 0.2) is 0 Å². The molecule has 0 atom stereocenters. The number of carbonyl (C=O) groups is 1. The molecule has 8 heteroatoms. The first-order chi connectivity index (χ1) is 19.7. The minimum Gasteiger partial charge on any atom is -0.460 e. The van der Waals surface area contributed by atoms with Gasteiger partial charge < -0.3 is 14.8 Å². The fraction of sp³-hybridized carbons (Fsp3) is 0.235. The normalized spacial score (nSPS) is 15.9. The zero-order valence-electron chi connectivity index (χ0n) is 24.3. The van der Waals surface area contributed by atoms with Gasteiger partial charge in [-0.1, -0.05) is 56.1 Å². The molecule has 6 rings (SSSR count). The van der Waals surface area contributed by atoms with Gasteiger partial charge in [-0.25, -0.2) is 4.79 Å². The second kappa shape index (κ2) is 11.5. The standard InChI is InChI=1S/C17H16BrNO2.C17H16BrNOS/c1-10-6-12(8-13(18)7-10)11-4-5-15-14(9-11)17(2,3)21-16(20)19-15;1-10-6-12(8-13(18)7-10)11-4-5-15-14(9-11)17(2,3)20-16(21)19-15/h4-9H,1-3H3,(H,19,20);4-9H,1-3H3,(H,19,21). The molecule has 2 heterocycles. The Labute approximate surface area is 269 Å². The summed E-state index contributed by atoms with van der Waals surface area (Å²) in [4.78, 5) is 11.5. The summed E-state index contributed by atoms with van der Waals surface area (Å²) in [6, 6.07) is 25.1. The highest BCUT2D eigenvalue weighted by Crippen LogP contribution is 2.40. The van der Waals surface area contributed by atoms with Crippen LogP contribution in [0.3, 0.4) is 0 Å². The third kappa shape index (κ3) is 6.56. The Kier molecular flexibility index (Phi) is 8.27. The Bertz CT molecular complexity index is 1560. The van der Waals surface area contributed by atoms with Gasteiger partial charge in [-0.2, -0.15) is 0 Å². The number of ether oxygens (including phenoxy) is 2. The van der Waals surface area contributed by atoms with Gasteiger partial charge in [-0.15, -0.1) is 0 Å². The van der Waals surface area contributed by atoms with Crippen LogP contribution in [0.15, 0.2) is 81.7 Å². The van der Waals surface area contributed by atoms with Crippen LogP contribution in [-0.4, -0.2) is 11.3 Å². The summed E-state index contributed by atoms with van der Waals surface area (Å²) in [7, 11) is 0. The van der Waals surface area contributed by atoms with Gasteiger partial charge in [0, 0.05) is 25.8 Å². The van der Waals surface area contributed by atoms with E-state index in [0.717, 1.165) is 42.6 Å². The van der Waals surface area contributed by atoms with Gasteiger partial charge in [0.2, 0.25) is 0 Å². The Balaban J connectivity index is 0.000000168. The highest BCUT2D eigenvalue weighted by atomic mass is 79.9. The number of nitrogens with one attached hydrogen (secondary N) is 2. The van der Waals surface area contributed by atoms with Crippen molar-refractivity contribution in [3.63, 3.8) is 0 Å². The van der Waals surface area contributed by atoms with Crippen molar-refractivity contribution in [3.05, 3.63) is 104 Å². The van der Waals surface area contributed by atoms with Gasteiger partial charge in [-0.05, 0) is 136 Å². The molecule has 0 radical (unpaired) electrons. The molecular formula is C34H32Br2N2O3S. The fourth-order valence-electron chi connectivity index (χ4n) is 5.31. The maximum absolute atomic E-state index is 11.5. The number of hydrogen-bond acceptors (Lipinski definition) is 4. The molecule has 42 heavy (non-hydrogen) atoms. The topological polar surface area (TPSA) is 59.6 Å². The summed E-state index contributed by atoms with van der Waals surface area (Å²) < 4.78 is 13.3. The molecule has 0 saturated carbocycles. The minimum atomic E-state index is -0.630. The van der Waals surface area contributed by atoms with Crippen LogP contribution in [0, 0.1) is 13.8 Å². The number of carbonyl (C=O) groups excluding carboxylic acids is 1. The molecule has 2 aliphatic rings. The summed E-state index contributed by atoms with van der Waals surface area (Å²) in [5, 5.41) is 6.29. The smallest absolute Gasteiger partial charge is 0.412 e. The van der Waals surface area contributed by atoms with Crippen LogP contribution in [-0.2, 0) is 20.7 Å². The monoisotopic (exact) mass is 706 g/mol. The van der Waals surface area contributed by atoms with Crippen molar-refractivity contribution in [2.24, 2.45) is 0 Å². The molecule has 0 saturated heterocycles. The predicted octanol–water partition coefficient (Wildman–Crippen LogP) is 10.6. The fourth-order valence-corrected chi connectivity index (χ4v) is 6.85. The van der Waals surface area contributed by atoms with E-state index in [2.05, 4.69) is 117 Å². The van der Waals surface area contributed by atoms with Crippen molar-refractivity contribution in [3.8, 4) is 22.3 Å². The molecule has 0 aromatic heterocycles. The van der Waals surface area contributed by atoms with E-state index >= 15 is 0 Å². The molecule has 4 aromatic carbocycles. The molecule has 0 bridgehead atoms. The van der Waals surface area contributed by atoms with Crippen LogP contribution < -0.4 is 10.6 Å². The van der Waals surface area contributed by atoms with E-state index in [1.807, 2.05) is 39.8 Å². The van der Waals surface area contributed by atoms with Crippen LogP contribution in [0.5, 0.6) is 0 Å². The van der Waals surface area contributed by atoms with Crippen LogP contribution >= 0.6 is 44.1 Å². The van der Waals surface area contributed by atoms with Gasteiger partial charge in [0.05, 0.1) is 5.69 Å². The number of benzene rings is 4. The molecule has 2 aliphatic heterocycles. The minimum absolute atomic E-state index is 0.404. The van der Waals surface area contributed by atoms with E-state index in [1.54, 1.807) is 0 Å². The second-order valence-corrected chi connectivity index (χ2v) is 13.8. The maximum atomic E-state index is 11.5. The van der Waals surface area contributed by atoms with E-state index < -0.39 is 17.3 Å². The molecule has 0 fully saturated rings. The van der Waals surface area contributed by atoms with Crippen LogP contribution in [0.4, 0.5) is 16.2 Å². The molecule has 4 aromatic rings. The zero-order valence-corrected chi connectivity index (χ0v) is 28.3. The van der Waals surface area contributed by atoms with E-state index in [9.17, 15) is 4.79 Å². The van der Waals surface area contributed by atoms with E-state index in [4.69, 9.17) is 21.7 Å². The lowest BCUT2D eigenvalue weighted by atomic mass is 9.91. The first-order valence-corrected chi connectivity index (χ1v) is 15.5. The molecule has 5 nitrogen and oxygen atoms in total. The Hall–Kier alpha value is -3.20. The van der Waals surface area contributed by atoms with Crippen LogP contribution in [0.2, 0.25) is 0 Å². The summed E-state index contributed by atoms with van der Waals surface area (Å²) >= 11 is 12.2. The predicted molar refractivity (Wildman–Crippen MR) is 182 cm³/mol. The number of rotatable bonds is 2. The van der Waals surface area contributed by atoms with Crippen molar-refractivity contribution >= 4 is 66.7 Å². The van der Waals surface area contributed by atoms with Gasteiger partial charge >= 0.3 is 6.09 Å². The Morgan fingerprint density at radius 1 is 0.619 bits per heavy atom. The number of halogens is 2. The Morgan fingerprint density at radius 2 is 1.07 bits per heavy atom. The lowest BCUT2D eigenvalue weighted by Crippen LogP contribution is -2.34. The number of aryl methyl sites for hydroxylation is 2. The largest absolute Gasteiger partial charge is 0.460 e. The number of anilines is 2. The quantitative estimate of drug-likeness (QED) is 0.203. The van der Waals surface area contributed by atoms with Gasteiger partial charge in [-0.3, -0.25) is 5.32 Å². The number of cyclic esters (lactones) is 1. The van der Waals surface area contributed by atoms with E-state index in [0.29, 0.717) is 5.17 Å². The third-order valence-electron chi connectivity index (χ3n) is 7.26. The zero-order chi connectivity index (χ0) is 30.4. The van der Waals surface area contributed by atoms with Crippen LogP contribution in [0.1, 0.15) is 49.9 Å². The highest BCUT2D eigenvalue weighted by Gasteiger charge is 2.34. The first kappa shape index (κ1) is 30.3. The van der Waals surface area contributed by atoms with Crippen molar-refractivity contribution in [2.75, 3.05) is 10.6 Å². The molecule has 0 unspecified atom stereocenters. The second-order valence-electron chi connectivity index (χ2n) is 11.6. The molecule has 2 N–H and O–H groups in total. The van der Waals surface area contributed by atoms with Crippen LogP contribution in [0.25, 0.3) is 22.3 Å². The highest BCUT2D eigenvalue weighted by molar-refractivity contribution is 9.10. The van der Waals surface area contributed by atoms with Crippen molar-refractivity contribution in [2.45, 2.75) is 52.7 Å². The van der Waals surface area contributed by atoms with Gasteiger partial charge in [0.1, 0.15) is 11.2 Å². The van der Waals surface area contributed by atoms with Crippen molar-refractivity contribution in [1.29, 1.82) is 0 Å². The van der Waals surface area contributed by atoms with E-state index in [1.165, 1.54) is 22.3 Å². The number of hydrogen-bond donors (Lipinski definition) is 2. The average molecular weight is 709 g/mol. The van der Waals surface area contributed by atoms with Gasteiger partial charge in [0.25, 0.3) is 5.17 Å². The Morgan fingerprint density at radius 3 is 1.55 bits per heavy atom. The lowest BCUT2D eigenvalue weighted by Gasteiger charge is -2.34. The number of fused-ring (bicyclic) bond motifs is 2. The van der Waals surface area contributed by atoms with E-state index in [-0.39, 0.29) is 0 Å². The SMILES string of the molecule is Cc1cc(Br)cc(-c2ccc3c(c2)C(C)(C)OC(=O)N3)c1.Cc1cc(Br)cc(-c2ccc3c(c2)C(C)(C)OC(=S)N3)c1. The number of thiocarbonyl (C=S) groups is 1. The number of amides is 1. The lowest BCUT2D eigenvalue weighted by molar-refractivity contribution is 0.0421. The molecule has 216 valence electrons. The molecule has 0 spiro atoms. The summed E-state index contributed by atoms with van der Waals surface area (Å²) in [5.41, 5.74) is 9.90. The third-order valence-corrected chi connectivity index (χ3v) is 8.36. The average Bonchev–Trinajstić information content (AvgIpc) is 2.86. The molecule has 0 aliphatic carbocycles. The maximum Gasteiger partial charge on any atom is 0.412 e. The summed E-state index contributed by atoms with van der Waals surface area (Å²) in [5.74, 6) is 0. The summed E-state index contributed by atoms with van der Waals surface area (Å²) in [6.07, 6.45) is -0.404. The van der Waals surface area contributed by atoms with Crippen molar-refractivity contribution < 1.29 is 14.3 Å².